The third-order valence-electron chi connectivity index (χ3n) is 5.17. The van der Waals surface area contributed by atoms with Crippen LogP contribution in [0.1, 0.15) is 19.8 Å². The second-order valence-corrected chi connectivity index (χ2v) is 8.85. The number of nitrogens with zero attached hydrogens (tertiary/aromatic N) is 4. The van der Waals surface area contributed by atoms with Crippen molar-refractivity contribution < 1.29 is 9.90 Å². The maximum atomic E-state index is 8.36. The molecule has 2 aromatic heterocycles. The van der Waals surface area contributed by atoms with Crippen molar-refractivity contribution in [3.63, 3.8) is 0 Å². The van der Waals surface area contributed by atoms with Gasteiger partial charge in [-0.3, -0.25) is 4.79 Å². The van der Waals surface area contributed by atoms with Crippen molar-refractivity contribution >= 4 is 56.9 Å². The topological polar surface area (TPSA) is 123 Å². The van der Waals surface area contributed by atoms with Gasteiger partial charge in [-0.05, 0) is 30.9 Å². The highest BCUT2D eigenvalue weighted by molar-refractivity contribution is 7.20. The minimum Gasteiger partial charge on any atom is -0.483 e. The normalized spacial score (nSPS) is 15.8. The number of piperidine rings is 1. The maximum Gasteiger partial charge on any atom is 0.290 e. The number of carbonyl (C=O) groups is 1. The number of aromatic nitrogens is 3. The summed E-state index contributed by atoms with van der Waals surface area (Å²) in [5.41, 5.74) is 13.8. The molecule has 1 aliphatic heterocycles. The number of fused-ring (bicyclic) bond motifs is 1. The van der Waals surface area contributed by atoms with Crippen LogP contribution in [0.2, 0.25) is 10.0 Å². The summed E-state index contributed by atoms with van der Waals surface area (Å²) in [5, 5.41) is 13.4. The Labute approximate surface area is 182 Å². The Bertz CT molecular complexity index is 1010. The molecule has 0 bridgehead atoms. The number of benzene rings is 1. The molecule has 0 spiro atoms. The molecule has 0 radical (unpaired) electrons. The number of halogens is 2. The van der Waals surface area contributed by atoms with Gasteiger partial charge >= 0.3 is 0 Å². The van der Waals surface area contributed by atoms with Gasteiger partial charge in [-0.25, -0.2) is 4.98 Å². The van der Waals surface area contributed by atoms with Crippen molar-refractivity contribution in [2.24, 2.45) is 11.1 Å². The van der Waals surface area contributed by atoms with Crippen LogP contribution < -0.4 is 16.4 Å². The smallest absolute Gasteiger partial charge is 0.290 e. The van der Waals surface area contributed by atoms with E-state index in [1.165, 1.54) is 11.3 Å². The molecule has 1 aliphatic rings. The van der Waals surface area contributed by atoms with Crippen LogP contribution in [0.15, 0.2) is 18.2 Å². The van der Waals surface area contributed by atoms with E-state index in [1.54, 1.807) is 10.6 Å². The van der Waals surface area contributed by atoms with Crippen molar-refractivity contribution in [3.8, 4) is 11.3 Å². The fourth-order valence-corrected chi connectivity index (χ4v) is 4.56. The van der Waals surface area contributed by atoms with E-state index in [4.69, 9.17) is 44.6 Å². The van der Waals surface area contributed by atoms with E-state index in [1.807, 2.05) is 12.1 Å². The first-order valence-corrected chi connectivity index (χ1v) is 10.5. The predicted octanol–water partition coefficient (Wildman–Crippen LogP) is 3.61. The Morgan fingerprint density at radius 1 is 1.34 bits per heavy atom. The molecule has 1 fully saturated rings. The second kappa shape index (κ2) is 8.74. The molecule has 11 heteroatoms. The maximum absolute atomic E-state index is 8.36. The fraction of sp³-hybridized carbons (Fsp3) is 0.389. The average molecular weight is 457 g/mol. The van der Waals surface area contributed by atoms with Crippen molar-refractivity contribution in [1.29, 1.82) is 0 Å². The van der Waals surface area contributed by atoms with E-state index < -0.39 is 0 Å². The molecular weight excluding hydrogens is 435 g/mol. The van der Waals surface area contributed by atoms with Gasteiger partial charge in [0, 0.05) is 18.7 Å². The van der Waals surface area contributed by atoms with E-state index in [-0.39, 0.29) is 11.9 Å². The number of hydrogen-bond acceptors (Lipinski definition) is 7. The summed E-state index contributed by atoms with van der Waals surface area (Å²) in [6, 6.07) is 5.43. The first-order chi connectivity index (χ1) is 13.8. The molecule has 29 heavy (non-hydrogen) atoms. The highest BCUT2D eigenvalue weighted by Crippen LogP contribution is 2.39. The van der Waals surface area contributed by atoms with Crippen LogP contribution in [0.3, 0.4) is 0 Å². The summed E-state index contributed by atoms with van der Waals surface area (Å²) in [5.74, 6) is 0.468. The molecule has 0 amide bonds. The molecule has 1 saturated heterocycles. The van der Waals surface area contributed by atoms with Crippen molar-refractivity contribution in [3.05, 3.63) is 28.2 Å². The lowest BCUT2D eigenvalue weighted by Gasteiger charge is -2.38. The Kier molecular flexibility index (Phi) is 6.52. The quantitative estimate of drug-likeness (QED) is 0.514. The zero-order valence-electron chi connectivity index (χ0n) is 15.8. The van der Waals surface area contributed by atoms with Gasteiger partial charge in [0.15, 0.2) is 5.82 Å². The molecule has 3 aromatic rings. The third-order valence-corrected chi connectivity index (χ3v) is 6.96. The van der Waals surface area contributed by atoms with Crippen LogP contribution in [0.5, 0.6) is 0 Å². The van der Waals surface area contributed by atoms with Gasteiger partial charge in [-0.1, -0.05) is 53.6 Å². The van der Waals surface area contributed by atoms with E-state index >= 15 is 0 Å². The molecule has 3 heterocycles. The van der Waals surface area contributed by atoms with Crippen LogP contribution in [-0.2, 0) is 4.79 Å². The lowest BCUT2D eigenvalue weighted by atomic mass is 9.81. The van der Waals surface area contributed by atoms with Crippen LogP contribution in [0, 0.1) is 5.41 Å². The number of nitrogen functional groups attached to an aromatic ring is 1. The number of anilines is 2. The van der Waals surface area contributed by atoms with E-state index in [0.29, 0.717) is 27.1 Å². The number of nitrogens with two attached hydrogens (primary N) is 2. The van der Waals surface area contributed by atoms with Gasteiger partial charge in [-0.15, -0.1) is 5.10 Å². The van der Waals surface area contributed by atoms with Gasteiger partial charge < -0.3 is 21.5 Å². The minimum absolute atomic E-state index is 0.226. The van der Waals surface area contributed by atoms with Crippen LogP contribution >= 0.6 is 34.5 Å². The van der Waals surface area contributed by atoms with Gasteiger partial charge in [0.2, 0.25) is 10.1 Å². The van der Waals surface area contributed by atoms with Crippen LogP contribution in [0.25, 0.3) is 16.2 Å². The van der Waals surface area contributed by atoms with E-state index in [0.717, 1.165) is 42.6 Å². The Morgan fingerprint density at radius 3 is 2.59 bits per heavy atom. The molecule has 1 aromatic carbocycles. The summed E-state index contributed by atoms with van der Waals surface area (Å²) >= 11 is 14.0. The molecule has 5 N–H and O–H groups in total. The zero-order valence-corrected chi connectivity index (χ0v) is 18.1. The van der Waals surface area contributed by atoms with Gasteiger partial charge in [-0.2, -0.15) is 4.52 Å². The number of carboxylic acid groups (broad SMARTS) is 1. The third kappa shape index (κ3) is 4.28. The first kappa shape index (κ1) is 21.6. The lowest BCUT2D eigenvalue weighted by molar-refractivity contribution is -0.122. The fourth-order valence-electron chi connectivity index (χ4n) is 3.21. The summed E-state index contributed by atoms with van der Waals surface area (Å²) in [6.07, 6.45) is 2.12. The second-order valence-electron chi connectivity index (χ2n) is 7.13. The molecule has 8 nitrogen and oxygen atoms in total. The predicted molar refractivity (Wildman–Crippen MR) is 118 cm³/mol. The summed E-state index contributed by atoms with van der Waals surface area (Å²) < 4.78 is 1.68. The SMILES string of the molecule is CC1(CN)CCN(c2nn3c(N)c(-c4cccc(Cl)c4Cl)nc3s2)CC1.O=CO. The molecule has 156 valence electrons. The van der Waals surface area contributed by atoms with Crippen LogP contribution in [-0.4, -0.2) is 45.8 Å². The molecule has 0 aliphatic carbocycles. The summed E-state index contributed by atoms with van der Waals surface area (Å²) in [7, 11) is 0. The molecule has 0 unspecified atom stereocenters. The van der Waals surface area contributed by atoms with Crippen molar-refractivity contribution in [1.82, 2.24) is 14.6 Å². The van der Waals surface area contributed by atoms with Crippen molar-refractivity contribution in [2.75, 3.05) is 30.3 Å². The van der Waals surface area contributed by atoms with E-state index in [9.17, 15) is 0 Å². The van der Waals surface area contributed by atoms with Gasteiger partial charge in [0.05, 0.1) is 10.0 Å². The monoisotopic (exact) mass is 456 g/mol. The Hall–Kier alpha value is -2.07. The Balaban J connectivity index is 0.000000755. The lowest BCUT2D eigenvalue weighted by Crippen LogP contribution is -2.42. The largest absolute Gasteiger partial charge is 0.483 e. The molecule has 0 saturated carbocycles. The number of hydrogen-bond donors (Lipinski definition) is 3. The molecule has 4 rings (SSSR count). The molecular formula is C18H22Cl2N6O2S. The summed E-state index contributed by atoms with van der Waals surface area (Å²) in [6.45, 7) is 4.60. The highest BCUT2D eigenvalue weighted by atomic mass is 35.5. The Morgan fingerprint density at radius 2 is 2.00 bits per heavy atom. The first-order valence-electron chi connectivity index (χ1n) is 8.96. The zero-order chi connectivity index (χ0) is 21.2. The van der Waals surface area contributed by atoms with Gasteiger partial charge in [0.25, 0.3) is 6.47 Å². The van der Waals surface area contributed by atoms with Crippen molar-refractivity contribution in [2.45, 2.75) is 19.8 Å². The molecule has 0 atom stereocenters. The average Bonchev–Trinajstić information content (AvgIpc) is 3.25. The number of imidazole rings is 1. The standard InChI is InChI=1S/C17H20Cl2N6S.CH2O2/c1-17(9-20)5-7-24(8-6-17)16-23-25-14(21)13(22-15(25)26-16)10-3-2-4-11(18)12(10)19;2-1-3/h2-4H,5-9,20-21H2,1H3;1H,(H,2,3). The van der Waals surface area contributed by atoms with E-state index in [2.05, 4.69) is 21.9 Å². The number of rotatable bonds is 3. The van der Waals surface area contributed by atoms with Crippen LogP contribution in [0.4, 0.5) is 10.9 Å². The minimum atomic E-state index is -0.250. The van der Waals surface area contributed by atoms with Gasteiger partial charge in [0.1, 0.15) is 5.69 Å². The highest BCUT2D eigenvalue weighted by Gasteiger charge is 2.30. The summed E-state index contributed by atoms with van der Waals surface area (Å²) in [4.78, 5) is 16.0.